The van der Waals surface area contributed by atoms with E-state index >= 15 is 0 Å². The molecule has 2 aromatic rings. The van der Waals surface area contributed by atoms with Crippen molar-refractivity contribution in [1.82, 2.24) is 4.90 Å². The van der Waals surface area contributed by atoms with Crippen molar-refractivity contribution >= 4 is 15.9 Å². The Labute approximate surface area is 134 Å². The highest BCUT2D eigenvalue weighted by molar-refractivity contribution is 9.10. The molecule has 0 aromatic heterocycles. The van der Waals surface area contributed by atoms with Gasteiger partial charge < -0.3 is 4.74 Å². The van der Waals surface area contributed by atoms with Gasteiger partial charge in [0.1, 0.15) is 0 Å². The summed E-state index contributed by atoms with van der Waals surface area (Å²) in [6, 6.07) is 17.4. The first kappa shape index (κ1) is 14.8. The van der Waals surface area contributed by atoms with E-state index in [1.807, 2.05) is 0 Å². The zero-order valence-corrected chi connectivity index (χ0v) is 13.7. The van der Waals surface area contributed by atoms with Crippen LogP contribution in [0.5, 0.6) is 0 Å². The van der Waals surface area contributed by atoms with Crippen LogP contribution < -0.4 is 0 Å². The molecule has 0 unspecified atom stereocenters. The highest BCUT2D eigenvalue weighted by Gasteiger charge is 2.12. The summed E-state index contributed by atoms with van der Waals surface area (Å²) >= 11 is 3.49. The second kappa shape index (κ2) is 7.21. The third kappa shape index (κ3) is 4.16. The number of ether oxygens (including phenoxy) is 1. The molecule has 21 heavy (non-hydrogen) atoms. The number of nitrogens with zero attached hydrogens (tertiary/aromatic N) is 1. The molecule has 0 saturated carbocycles. The second-order valence-corrected chi connectivity index (χ2v) is 6.38. The molecule has 1 saturated heterocycles. The zero-order valence-electron chi connectivity index (χ0n) is 12.1. The fraction of sp³-hybridized carbons (Fsp3) is 0.333. The molecule has 0 amide bonds. The fourth-order valence-corrected chi connectivity index (χ4v) is 2.97. The van der Waals surface area contributed by atoms with Crippen molar-refractivity contribution in [2.75, 3.05) is 26.3 Å². The van der Waals surface area contributed by atoms with Gasteiger partial charge in [-0.1, -0.05) is 52.3 Å². The average Bonchev–Trinajstić information content (AvgIpc) is 2.52. The Balaban J connectivity index is 1.73. The second-order valence-electron chi connectivity index (χ2n) is 5.46. The molecule has 0 atom stereocenters. The molecule has 0 spiro atoms. The summed E-state index contributed by atoms with van der Waals surface area (Å²) < 4.78 is 6.56. The van der Waals surface area contributed by atoms with Gasteiger partial charge >= 0.3 is 0 Å². The maximum atomic E-state index is 5.43. The predicted molar refractivity (Wildman–Crippen MR) is 89.5 cm³/mol. The summed E-state index contributed by atoms with van der Waals surface area (Å²) in [6.45, 7) is 4.80. The highest BCUT2D eigenvalue weighted by Crippen LogP contribution is 2.18. The molecule has 3 rings (SSSR count). The van der Waals surface area contributed by atoms with Crippen LogP contribution in [-0.4, -0.2) is 31.2 Å². The first-order valence-corrected chi connectivity index (χ1v) is 8.22. The Kier molecular flexibility index (Phi) is 5.07. The van der Waals surface area contributed by atoms with Crippen LogP contribution in [0, 0.1) is 0 Å². The van der Waals surface area contributed by atoms with Crippen LogP contribution in [0.3, 0.4) is 0 Å². The summed E-state index contributed by atoms with van der Waals surface area (Å²) in [5.74, 6) is 0. The Morgan fingerprint density at radius 1 is 0.905 bits per heavy atom. The van der Waals surface area contributed by atoms with Gasteiger partial charge in [0.2, 0.25) is 0 Å². The number of halogens is 1. The minimum absolute atomic E-state index is 0.856. The summed E-state index contributed by atoms with van der Waals surface area (Å²) in [4.78, 5) is 2.48. The van der Waals surface area contributed by atoms with Gasteiger partial charge in [0.05, 0.1) is 13.2 Å². The lowest BCUT2D eigenvalue weighted by atomic mass is 9.99. The summed E-state index contributed by atoms with van der Waals surface area (Å²) in [7, 11) is 0. The highest BCUT2D eigenvalue weighted by atomic mass is 79.9. The van der Waals surface area contributed by atoms with E-state index in [0.29, 0.717) is 0 Å². The molecular formula is C18H20BrNO. The van der Waals surface area contributed by atoms with E-state index in [1.54, 1.807) is 0 Å². The van der Waals surface area contributed by atoms with Crippen molar-refractivity contribution in [3.63, 3.8) is 0 Å². The van der Waals surface area contributed by atoms with Crippen LogP contribution in [0.2, 0.25) is 0 Å². The summed E-state index contributed by atoms with van der Waals surface area (Å²) in [5, 5.41) is 0. The van der Waals surface area contributed by atoms with Crippen LogP contribution >= 0.6 is 15.9 Å². The van der Waals surface area contributed by atoms with Gasteiger partial charge in [-0.2, -0.15) is 0 Å². The van der Waals surface area contributed by atoms with E-state index in [2.05, 4.69) is 69.4 Å². The molecule has 0 bridgehead atoms. The maximum absolute atomic E-state index is 5.43. The minimum atomic E-state index is 0.856. The first-order valence-electron chi connectivity index (χ1n) is 7.42. The van der Waals surface area contributed by atoms with Crippen molar-refractivity contribution < 1.29 is 4.74 Å². The molecule has 3 heteroatoms. The molecule has 0 N–H and O–H groups in total. The monoisotopic (exact) mass is 345 g/mol. The molecule has 2 nitrogen and oxygen atoms in total. The number of hydrogen-bond acceptors (Lipinski definition) is 2. The number of hydrogen-bond donors (Lipinski definition) is 0. The Morgan fingerprint density at radius 3 is 2.29 bits per heavy atom. The Hall–Kier alpha value is -1.16. The lowest BCUT2D eigenvalue weighted by Gasteiger charge is -2.27. The Bertz CT molecular complexity index is 576. The lowest BCUT2D eigenvalue weighted by molar-refractivity contribution is 0.0341. The molecule has 110 valence electrons. The van der Waals surface area contributed by atoms with Gasteiger partial charge in [-0.05, 0) is 35.2 Å². The van der Waals surface area contributed by atoms with Crippen molar-refractivity contribution in [3.8, 4) is 0 Å². The normalized spacial score (nSPS) is 16.0. The predicted octanol–water partition coefficient (Wildman–Crippen LogP) is 3.87. The smallest absolute Gasteiger partial charge is 0.0594 e. The zero-order chi connectivity index (χ0) is 14.5. The topological polar surface area (TPSA) is 12.5 Å². The largest absolute Gasteiger partial charge is 0.379 e. The number of benzene rings is 2. The molecule has 1 aliphatic heterocycles. The van der Waals surface area contributed by atoms with Gasteiger partial charge in [0, 0.05) is 24.1 Å². The third-order valence-electron chi connectivity index (χ3n) is 3.92. The lowest BCUT2D eigenvalue weighted by Crippen LogP contribution is -2.35. The molecule has 1 fully saturated rings. The van der Waals surface area contributed by atoms with Crippen molar-refractivity contribution in [2.24, 2.45) is 0 Å². The molecule has 2 aromatic carbocycles. The van der Waals surface area contributed by atoms with Gasteiger partial charge in [-0.25, -0.2) is 0 Å². The van der Waals surface area contributed by atoms with Crippen LogP contribution in [0.4, 0.5) is 0 Å². The van der Waals surface area contributed by atoms with E-state index < -0.39 is 0 Å². The standard InChI is InChI=1S/C18H20BrNO/c19-18-7-5-15(6-8-18)13-16-3-1-2-4-17(16)14-20-9-11-21-12-10-20/h1-8H,9-14H2. The van der Waals surface area contributed by atoms with Crippen molar-refractivity contribution in [3.05, 3.63) is 69.7 Å². The van der Waals surface area contributed by atoms with Crippen LogP contribution in [0.25, 0.3) is 0 Å². The number of morpholine rings is 1. The minimum Gasteiger partial charge on any atom is -0.379 e. The van der Waals surface area contributed by atoms with Gasteiger partial charge in [0.25, 0.3) is 0 Å². The molecule has 1 aliphatic rings. The van der Waals surface area contributed by atoms with Crippen molar-refractivity contribution in [2.45, 2.75) is 13.0 Å². The van der Waals surface area contributed by atoms with Crippen molar-refractivity contribution in [1.29, 1.82) is 0 Å². The third-order valence-corrected chi connectivity index (χ3v) is 4.45. The van der Waals surface area contributed by atoms with E-state index in [4.69, 9.17) is 4.74 Å². The molecular weight excluding hydrogens is 326 g/mol. The Morgan fingerprint density at radius 2 is 1.57 bits per heavy atom. The van der Waals surface area contributed by atoms with Crippen LogP contribution in [0.1, 0.15) is 16.7 Å². The molecule has 1 heterocycles. The van der Waals surface area contributed by atoms with Crippen LogP contribution in [0.15, 0.2) is 53.0 Å². The van der Waals surface area contributed by atoms with E-state index in [9.17, 15) is 0 Å². The average molecular weight is 346 g/mol. The summed E-state index contributed by atoms with van der Waals surface area (Å²) in [6.07, 6.45) is 0.994. The maximum Gasteiger partial charge on any atom is 0.0594 e. The quantitative estimate of drug-likeness (QED) is 0.833. The van der Waals surface area contributed by atoms with Gasteiger partial charge in [-0.3, -0.25) is 4.90 Å². The summed E-state index contributed by atoms with van der Waals surface area (Å²) in [5.41, 5.74) is 4.21. The number of rotatable bonds is 4. The van der Waals surface area contributed by atoms with Gasteiger partial charge in [-0.15, -0.1) is 0 Å². The SMILES string of the molecule is Brc1ccc(Cc2ccccc2CN2CCOCC2)cc1. The van der Waals surface area contributed by atoms with E-state index in [1.165, 1.54) is 16.7 Å². The first-order chi connectivity index (χ1) is 10.3. The fourth-order valence-electron chi connectivity index (χ4n) is 2.71. The molecule has 0 aliphatic carbocycles. The van der Waals surface area contributed by atoms with E-state index in [-0.39, 0.29) is 0 Å². The van der Waals surface area contributed by atoms with Gasteiger partial charge in [0.15, 0.2) is 0 Å². The van der Waals surface area contributed by atoms with Crippen LogP contribution in [-0.2, 0) is 17.7 Å². The molecule has 0 radical (unpaired) electrons. The van der Waals surface area contributed by atoms with E-state index in [0.717, 1.165) is 43.7 Å².